The van der Waals surface area contributed by atoms with Crippen molar-refractivity contribution >= 4 is 0 Å². The molecule has 19 heavy (non-hydrogen) atoms. The number of hydrogen-bond donors (Lipinski definition) is 1. The van der Waals surface area contributed by atoms with Gasteiger partial charge in [0.15, 0.2) is 5.75 Å². The predicted octanol–water partition coefficient (Wildman–Crippen LogP) is 3.41. The van der Waals surface area contributed by atoms with E-state index in [2.05, 4.69) is 32.8 Å². The Balaban J connectivity index is 2.77. The van der Waals surface area contributed by atoms with Crippen LogP contribution in [0.15, 0.2) is 6.20 Å². The number of aromatic nitrogens is 2. The van der Waals surface area contributed by atoms with Gasteiger partial charge >= 0.3 is 0 Å². The number of ether oxygens (including phenoxy) is 1. The van der Waals surface area contributed by atoms with Crippen LogP contribution in [0.2, 0.25) is 0 Å². The van der Waals surface area contributed by atoms with E-state index >= 15 is 0 Å². The lowest BCUT2D eigenvalue weighted by Gasteiger charge is -2.25. The maximum absolute atomic E-state index is 10.5. The van der Waals surface area contributed by atoms with Crippen molar-refractivity contribution in [1.82, 2.24) is 9.78 Å². The fraction of sp³-hybridized carbons (Fsp3) is 0.800. The number of aliphatic hydroxyl groups is 1. The zero-order valence-electron chi connectivity index (χ0n) is 13.1. The summed E-state index contributed by atoms with van der Waals surface area (Å²) in [7, 11) is 1.62. The average Bonchev–Trinajstić information content (AvgIpc) is 2.68. The van der Waals surface area contributed by atoms with Crippen LogP contribution >= 0.6 is 0 Å². The van der Waals surface area contributed by atoms with Crippen LogP contribution in [-0.4, -0.2) is 22.0 Å². The molecular weight excluding hydrogens is 240 g/mol. The van der Waals surface area contributed by atoms with E-state index in [0.717, 1.165) is 25.1 Å². The van der Waals surface area contributed by atoms with E-state index < -0.39 is 6.10 Å². The molecule has 0 aromatic carbocycles. The van der Waals surface area contributed by atoms with E-state index in [9.17, 15) is 5.11 Å². The molecule has 0 saturated heterocycles. The molecule has 0 saturated carbocycles. The standard InChI is InChI=1S/C15H28N2O2/c1-7-17-14(13(19-6)10-16-17)12(18)8-11(2)9-15(3,4)5/h10-12,18H,7-9H2,1-6H3. The first-order valence-electron chi connectivity index (χ1n) is 7.06. The SMILES string of the molecule is CCn1ncc(OC)c1C(O)CC(C)CC(C)(C)C. The summed E-state index contributed by atoms with van der Waals surface area (Å²) >= 11 is 0. The maximum atomic E-state index is 10.5. The van der Waals surface area contributed by atoms with Gasteiger partial charge in [-0.15, -0.1) is 0 Å². The Morgan fingerprint density at radius 3 is 2.53 bits per heavy atom. The van der Waals surface area contributed by atoms with Gasteiger partial charge in [-0.05, 0) is 31.1 Å². The van der Waals surface area contributed by atoms with Gasteiger partial charge in [0.1, 0.15) is 5.69 Å². The highest BCUT2D eigenvalue weighted by Gasteiger charge is 2.23. The van der Waals surface area contributed by atoms with Crippen molar-refractivity contribution in [3.05, 3.63) is 11.9 Å². The fourth-order valence-electron chi connectivity index (χ4n) is 2.74. The minimum atomic E-state index is -0.519. The second kappa shape index (κ2) is 6.42. The van der Waals surface area contributed by atoms with Crippen LogP contribution in [0.5, 0.6) is 5.75 Å². The molecule has 2 atom stereocenters. The molecule has 1 heterocycles. The van der Waals surface area contributed by atoms with Crippen molar-refractivity contribution in [3.63, 3.8) is 0 Å². The maximum Gasteiger partial charge on any atom is 0.162 e. The molecular formula is C15H28N2O2. The number of rotatable bonds is 6. The third-order valence-corrected chi connectivity index (χ3v) is 3.27. The lowest BCUT2D eigenvalue weighted by Crippen LogP contribution is -2.16. The molecule has 4 heteroatoms. The van der Waals surface area contributed by atoms with Crippen molar-refractivity contribution in [2.75, 3.05) is 7.11 Å². The van der Waals surface area contributed by atoms with E-state index in [0.29, 0.717) is 11.7 Å². The van der Waals surface area contributed by atoms with Gasteiger partial charge in [0.05, 0.1) is 19.4 Å². The molecule has 0 amide bonds. The van der Waals surface area contributed by atoms with Crippen LogP contribution in [0.25, 0.3) is 0 Å². The van der Waals surface area contributed by atoms with Gasteiger partial charge in [-0.25, -0.2) is 0 Å². The summed E-state index contributed by atoms with van der Waals surface area (Å²) in [5.41, 5.74) is 1.08. The first-order valence-corrected chi connectivity index (χ1v) is 7.06. The summed E-state index contributed by atoms with van der Waals surface area (Å²) in [6.45, 7) is 11.6. The molecule has 110 valence electrons. The Morgan fingerprint density at radius 1 is 1.42 bits per heavy atom. The van der Waals surface area contributed by atoms with Gasteiger partial charge in [0, 0.05) is 6.54 Å². The lowest BCUT2D eigenvalue weighted by molar-refractivity contribution is 0.122. The smallest absolute Gasteiger partial charge is 0.162 e. The molecule has 1 N–H and O–H groups in total. The van der Waals surface area contributed by atoms with Crippen LogP contribution < -0.4 is 4.74 Å². The molecule has 2 unspecified atom stereocenters. The summed E-state index contributed by atoms with van der Waals surface area (Å²) in [5, 5.41) is 14.7. The Morgan fingerprint density at radius 2 is 2.05 bits per heavy atom. The highest BCUT2D eigenvalue weighted by Crippen LogP contribution is 2.33. The zero-order valence-corrected chi connectivity index (χ0v) is 13.1. The Kier molecular flexibility index (Phi) is 5.41. The van der Waals surface area contributed by atoms with Crippen LogP contribution in [0, 0.1) is 11.3 Å². The Bertz CT molecular complexity index is 372. The molecule has 0 aliphatic carbocycles. The number of methoxy groups -OCH3 is 1. The Hall–Kier alpha value is -1.03. The van der Waals surface area contributed by atoms with Crippen molar-refractivity contribution < 1.29 is 9.84 Å². The fourth-order valence-corrected chi connectivity index (χ4v) is 2.74. The summed E-state index contributed by atoms with van der Waals surface area (Å²) in [6.07, 6.45) is 2.98. The van der Waals surface area contributed by atoms with E-state index in [4.69, 9.17) is 4.74 Å². The van der Waals surface area contributed by atoms with E-state index in [-0.39, 0.29) is 5.41 Å². The quantitative estimate of drug-likeness (QED) is 0.860. The first kappa shape index (κ1) is 16.0. The zero-order chi connectivity index (χ0) is 14.6. The molecule has 1 rings (SSSR count). The minimum absolute atomic E-state index is 0.286. The van der Waals surface area contributed by atoms with E-state index in [1.165, 1.54) is 0 Å². The third kappa shape index (κ3) is 4.53. The van der Waals surface area contributed by atoms with Crippen LogP contribution in [-0.2, 0) is 6.54 Å². The van der Waals surface area contributed by atoms with Gasteiger partial charge in [-0.1, -0.05) is 27.7 Å². The van der Waals surface area contributed by atoms with Gasteiger partial charge in [0.25, 0.3) is 0 Å². The molecule has 4 nitrogen and oxygen atoms in total. The summed E-state index contributed by atoms with van der Waals surface area (Å²) < 4.78 is 7.10. The predicted molar refractivity (Wildman–Crippen MR) is 77.3 cm³/mol. The van der Waals surface area contributed by atoms with E-state index in [1.807, 2.05) is 11.6 Å². The Labute approximate surface area is 116 Å². The topological polar surface area (TPSA) is 47.3 Å². The molecule has 0 radical (unpaired) electrons. The number of aliphatic hydroxyl groups excluding tert-OH is 1. The van der Waals surface area contributed by atoms with Gasteiger partial charge < -0.3 is 9.84 Å². The number of hydrogen-bond acceptors (Lipinski definition) is 3. The minimum Gasteiger partial charge on any atom is -0.493 e. The van der Waals surface area contributed by atoms with Crippen LogP contribution in [0.1, 0.15) is 59.3 Å². The van der Waals surface area contributed by atoms with Crippen LogP contribution in [0.3, 0.4) is 0 Å². The number of aryl methyl sites for hydroxylation is 1. The monoisotopic (exact) mass is 268 g/mol. The van der Waals surface area contributed by atoms with Gasteiger partial charge in [-0.2, -0.15) is 5.10 Å². The summed E-state index contributed by atoms with van der Waals surface area (Å²) in [4.78, 5) is 0. The highest BCUT2D eigenvalue weighted by atomic mass is 16.5. The molecule has 0 aliphatic rings. The van der Waals surface area contributed by atoms with E-state index in [1.54, 1.807) is 13.3 Å². The molecule has 1 aromatic rings. The van der Waals surface area contributed by atoms with Gasteiger partial charge in [-0.3, -0.25) is 4.68 Å². The van der Waals surface area contributed by atoms with Crippen molar-refractivity contribution in [3.8, 4) is 5.75 Å². The highest BCUT2D eigenvalue weighted by molar-refractivity contribution is 5.27. The third-order valence-electron chi connectivity index (χ3n) is 3.27. The molecule has 0 spiro atoms. The largest absolute Gasteiger partial charge is 0.493 e. The normalized spacial score (nSPS) is 15.3. The second-order valence-electron chi connectivity index (χ2n) is 6.54. The molecule has 1 aromatic heterocycles. The number of nitrogens with zero attached hydrogens (tertiary/aromatic N) is 2. The molecule has 0 bridgehead atoms. The molecule has 0 fully saturated rings. The average molecular weight is 268 g/mol. The summed E-state index contributed by atoms with van der Waals surface area (Å²) in [6, 6.07) is 0. The van der Waals surface area contributed by atoms with Gasteiger partial charge in [0.2, 0.25) is 0 Å². The first-order chi connectivity index (χ1) is 8.78. The van der Waals surface area contributed by atoms with Crippen molar-refractivity contribution in [2.45, 2.75) is 60.1 Å². The second-order valence-corrected chi connectivity index (χ2v) is 6.54. The summed E-state index contributed by atoms with van der Waals surface area (Å²) in [5.74, 6) is 1.14. The lowest BCUT2D eigenvalue weighted by atomic mass is 9.83. The van der Waals surface area contributed by atoms with Crippen molar-refractivity contribution in [2.24, 2.45) is 11.3 Å². The van der Waals surface area contributed by atoms with Crippen LogP contribution in [0.4, 0.5) is 0 Å². The molecule has 0 aliphatic heterocycles. The van der Waals surface area contributed by atoms with Crippen molar-refractivity contribution in [1.29, 1.82) is 0 Å².